The third kappa shape index (κ3) is 3.63. The quantitative estimate of drug-likeness (QED) is 0.868. The van der Waals surface area contributed by atoms with Gasteiger partial charge in [-0.25, -0.2) is 4.98 Å². The van der Waals surface area contributed by atoms with E-state index in [1.165, 1.54) is 0 Å². The lowest BCUT2D eigenvalue weighted by molar-refractivity contribution is 0.582. The van der Waals surface area contributed by atoms with Gasteiger partial charge in [-0.1, -0.05) is 13.8 Å². The molecule has 0 aliphatic heterocycles. The third-order valence-corrected chi connectivity index (χ3v) is 2.56. The largest absolute Gasteiger partial charge is 0.331 e. The molecule has 0 spiro atoms. The highest BCUT2D eigenvalue weighted by molar-refractivity contribution is 5.04. The summed E-state index contributed by atoms with van der Waals surface area (Å²) in [5.41, 5.74) is 2.93. The first kappa shape index (κ1) is 12.7. The summed E-state index contributed by atoms with van der Waals surface area (Å²) in [6.07, 6.45) is 7.46. The Balaban J connectivity index is 1.95. The Bertz CT molecular complexity index is 486. The van der Waals surface area contributed by atoms with Crippen LogP contribution in [0.25, 0.3) is 0 Å². The van der Waals surface area contributed by atoms with E-state index in [9.17, 15) is 0 Å². The number of nitrogens with one attached hydrogen (secondary N) is 1. The molecule has 0 saturated heterocycles. The topological polar surface area (TPSA) is 55.6 Å². The predicted octanol–water partition coefficient (Wildman–Crippen LogP) is 1.53. The van der Waals surface area contributed by atoms with Gasteiger partial charge in [0.2, 0.25) is 0 Å². The molecule has 0 atom stereocenters. The Morgan fingerprint density at radius 3 is 2.67 bits per heavy atom. The van der Waals surface area contributed by atoms with E-state index in [4.69, 9.17) is 0 Å². The first-order valence-electron chi connectivity index (χ1n) is 6.15. The summed E-state index contributed by atoms with van der Waals surface area (Å²) >= 11 is 0. The molecule has 5 nitrogen and oxygen atoms in total. The van der Waals surface area contributed by atoms with E-state index in [-0.39, 0.29) is 0 Å². The van der Waals surface area contributed by atoms with Crippen LogP contribution in [0.15, 0.2) is 24.9 Å². The first-order valence-corrected chi connectivity index (χ1v) is 6.15. The average Bonchev–Trinajstić information content (AvgIpc) is 2.77. The molecule has 0 bridgehead atoms. The second kappa shape index (κ2) is 5.73. The Morgan fingerprint density at radius 1 is 1.17 bits per heavy atom. The van der Waals surface area contributed by atoms with Gasteiger partial charge in [0, 0.05) is 25.0 Å². The summed E-state index contributed by atoms with van der Waals surface area (Å²) in [6.45, 7) is 7.69. The maximum atomic E-state index is 4.35. The molecule has 2 rings (SSSR count). The molecule has 18 heavy (non-hydrogen) atoms. The van der Waals surface area contributed by atoms with Crippen LogP contribution in [0.2, 0.25) is 0 Å². The minimum Gasteiger partial charge on any atom is -0.331 e. The van der Waals surface area contributed by atoms with Crippen LogP contribution in [0.5, 0.6) is 0 Å². The van der Waals surface area contributed by atoms with Crippen LogP contribution in [0, 0.1) is 6.92 Å². The van der Waals surface area contributed by atoms with Gasteiger partial charge in [0.15, 0.2) is 0 Å². The number of hydrogen-bond acceptors (Lipinski definition) is 4. The van der Waals surface area contributed by atoms with E-state index >= 15 is 0 Å². The molecule has 1 N–H and O–H groups in total. The van der Waals surface area contributed by atoms with Crippen molar-refractivity contribution in [3.8, 4) is 0 Å². The van der Waals surface area contributed by atoms with Crippen molar-refractivity contribution in [2.45, 2.75) is 39.9 Å². The van der Waals surface area contributed by atoms with Gasteiger partial charge in [-0.15, -0.1) is 0 Å². The average molecular weight is 245 g/mol. The zero-order valence-electron chi connectivity index (χ0n) is 11.1. The summed E-state index contributed by atoms with van der Waals surface area (Å²) in [6, 6.07) is 0.470. The van der Waals surface area contributed by atoms with Gasteiger partial charge in [0.05, 0.1) is 36.2 Å². The number of imidazole rings is 1. The molecular formula is C13H19N5. The Hall–Kier alpha value is -1.75. The highest BCUT2D eigenvalue weighted by Crippen LogP contribution is 2.01. The molecule has 2 heterocycles. The summed E-state index contributed by atoms with van der Waals surface area (Å²) in [5, 5.41) is 3.34. The zero-order chi connectivity index (χ0) is 13.0. The zero-order valence-corrected chi connectivity index (χ0v) is 11.1. The van der Waals surface area contributed by atoms with Crippen molar-refractivity contribution in [2.75, 3.05) is 0 Å². The van der Waals surface area contributed by atoms with E-state index in [2.05, 4.69) is 34.1 Å². The lowest BCUT2D eigenvalue weighted by Crippen LogP contribution is -2.21. The summed E-state index contributed by atoms with van der Waals surface area (Å²) < 4.78 is 2.02. The molecule has 2 aromatic rings. The SMILES string of the molecule is Cc1cnc(Cn2cnc(CNC(C)C)c2)cn1. The number of aromatic nitrogens is 4. The molecule has 0 aliphatic carbocycles. The van der Waals surface area contributed by atoms with Crippen molar-refractivity contribution in [2.24, 2.45) is 0 Å². The summed E-state index contributed by atoms with van der Waals surface area (Å²) in [7, 11) is 0. The lowest BCUT2D eigenvalue weighted by Gasteiger charge is -2.05. The van der Waals surface area contributed by atoms with Crippen molar-refractivity contribution < 1.29 is 0 Å². The van der Waals surface area contributed by atoms with Gasteiger partial charge in [0.1, 0.15) is 0 Å². The number of nitrogens with zero attached hydrogens (tertiary/aromatic N) is 4. The van der Waals surface area contributed by atoms with Crippen LogP contribution in [-0.2, 0) is 13.1 Å². The van der Waals surface area contributed by atoms with Crippen LogP contribution in [0.4, 0.5) is 0 Å². The molecule has 2 aromatic heterocycles. The van der Waals surface area contributed by atoms with E-state index in [1.807, 2.05) is 24.0 Å². The van der Waals surface area contributed by atoms with Gasteiger partial charge in [-0.3, -0.25) is 9.97 Å². The van der Waals surface area contributed by atoms with Gasteiger partial charge >= 0.3 is 0 Å². The molecule has 0 radical (unpaired) electrons. The van der Waals surface area contributed by atoms with Crippen molar-refractivity contribution in [3.63, 3.8) is 0 Å². The minimum atomic E-state index is 0.470. The monoisotopic (exact) mass is 245 g/mol. The maximum absolute atomic E-state index is 4.35. The molecule has 0 amide bonds. The van der Waals surface area contributed by atoms with Crippen molar-refractivity contribution in [3.05, 3.63) is 42.0 Å². The molecule has 0 aromatic carbocycles. The Kier molecular flexibility index (Phi) is 4.04. The van der Waals surface area contributed by atoms with Crippen LogP contribution >= 0.6 is 0 Å². The van der Waals surface area contributed by atoms with Crippen LogP contribution in [0.1, 0.15) is 30.9 Å². The fraction of sp³-hybridized carbons (Fsp3) is 0.462. The number of hydrogen-bond donors (Lipinski definition) is 1. The molecule has 5 heteroatoms. The van der Waals surface area contributed by atoms with E-state index in [0.29, 0.717) is 12.6 Å². The van der Waals surface area contributed by atoms with Crippen molar-refractivity contribution in [1.29, 1.82) is 0 Å². The molecule has 0 aliphatic rings. The predicted molar refractivity (Wildman–Crippen MR) is 70.1 cm³/mol. The normalized spacial score (nSPS) is 11.1. The third-order valence-electron chi connectivity index (χ3n) is 2.56. The Morgan fingerprint density at radius 2 is 2.00 bits per heavy atom. The van der Waals surface area contributed by atoms with E-state index < -0.39 is 0 Å². The second-order valence-electron chi connectivity index (χ2n) is 4.72. The fourth-order valence-electron chi connectivity index (χ4n) is 1.58. The first-order chi connectivity index (χ1) is 8.63. The summed E-state index contributed by atoms with van der Waals surface area (Å²) in [4.78, 5) is 12.9. The molecule has 96 valence electrons. The number of rotatable bonds is 5. The smallest absolute Gasteiger partial charge is 0.0953 e. The van der Waals surface area contributed by atoms with E-state index in [1.54, 1.807) is 12.4 Å². The van der Waals surface area contributed by atoms with Crippen LogP contribution in [-0.4, -0.2) is 25.6 Å². The molecule has 0 saturated carbocycles. The fourth-order valence-corrected chi connectivity index (χ4v) is 1.58. The van der Waals surface area contributed by atoms with Gasteiger partial charge in [-0.05, 0) is 6.92 Å². The Labute approximate surface area is 107 Å². The standard InChI is InChI=1S/C13H19N5/c1-10(2)14-5-13-8-18(9-17-13)7-12-6-15-11(3)4-16-12/h4,6,8-10,14H,5,7H2,1-3H3. The molecule has 0 unspecified atom stereocenters. The number of aryl methyl sites for hydroxylation is 1. The summed E-state index contributed by atoms with van der Waals surface area (Å²) in [5.74, 6) is 0. The lowest BCUT2D eigenvalue weighted by atomic mass is 10.3. The van der Waals surface area contributed by atoms with Crippen LogP contribution < -0.4 is 5.32 Å². The maximum Gasteiger partial charge on any atom is 0.0953 e. The second-order valence-corrected chi connectivity index (χ2v) is 4.72. The molecule has 0 fully saturated rings. The highest BCUT2D eigenvalue weighted by atomic mass is 15.1. The van der Waals surface area contributed by atoms with E-state index in [0.717, 1.165) is 23.6 Å². The van der Waals surface area contributed by atoms with Gasteiger partial charge in [-0.2, -0.15) is 0 Å². The van der Waals surface area contributed by atoms with Crippen molar-refractivity contribution >= 4 is 0 Å². The van der Waals surface area contributed by atoms with Crippen LogP contribution in [0.3, 0.4) is 0 Å². The van der Waals surface area contributed by atoms with Gasteiger partial charge < -0.3 is 9.88 Å². The van der Waals surface area contributed by atoms with Gasteiger partial charge in [0.25, 0.3) is 0 Å². The highest BCUT2D eigenvalue weighted by Gasteiger charge is 2.01. The minimum absolute atomic E-state index is 0.470. The van der Waals surface area contributed by atoms with Crippen molar-refractivity contribution in [1.82, 2.24) is 24.8 Å². The molecular weight excluding hydrogens is 226 g/mol.